The molecule has 0 aliphatic carbocycles. The topological polar surface area (TPSA) is 86.6 Å². The number of likely N-dealkylation sites (N-methyl/N-ethyl adjacent to an activating group) is 1. The molecule has 5 heteroatoms. The van der Waals surface area contributed by atoms with Gasteiger partial charge in [-0.2, -0.15) is 0 Å². The van der Waals surface area contributed by atoms with Gasteiger partial charge >= 0.3 is 0 Å². The quantitative estimate of drug-likeness (QED) is 0.603. The second kappa shape index (κ2) is 6.24. The van der Waals surface area contributed by atoms with Crippen LogP contribution in [-0.4, -0.2) is 42.5 Å². The Labute approximate surface area is 99.1 Å². The molecule has 0 heterocycles. The Balaban J connectivity index is 3.17. The zero-order valence-corrected chi connectivity index (χ0v) is 9.46. The predicted octanol–water partition coefficient (Wildman–Crippen LogP) is -0.0747. The summed E-state index contributed by atoms with van der Waals surface area (Å²) in [5, 5.41) is 22.3. The normalized spacial score (nSPS) is 14.1. The van der Waals surface area contributed by atoms with Gasteiger partial charge in [0.25, 0.3) is 0 Å². The van der Waals surface area contributed by atoms with Crippen molar-refractivity contribution in [3.63, 3.8) is 0 Å². The largest absolute Gasteiger partial charge is 0.389 e. The lowest BCUT2D eigenvalue weighted by molar-refractivity contribution is 0.0195. The van der Waals surface area contributed by atoms with Crippen molar-refractivity contribution in [1.82, 2.24) is 5.32 Å². The third kappa shape index (κ3) is 2.97. The molecule has 0 fully saturated rings. The van der Waals surface area contributed by atoms with Crippen molar-refractivity contribution in [3.05, 3.63) is 34.9 Å². The highest BCUT2D eigenvalue weighted by Gasteiger charge is 2.23. The predicted molar refractivity (Wildman–Crippen MR) is 62.1 cm³/mol. The molecule has 1 aromatic carbocycles. The maximum atomic E-state index is 10.9. The molecule has 1 rings (SSSR count). The second-order valence-electron chi connectivity index (χ2n) is 3.66. The van der Waals surface area contributed by atoms with Crippen molar-refractivity contribution >= 4 is 12.6 Å². The number of aldehydes is 2. The summed E-state index contributed by atoms with van der Waals surface area (Å²) in [4.78, 5) is 21.7. The molecule has 0 aromatic heterocycles. The summed E-state index contributed by atoms with van der Waals surface area (Å²) in [6.07, 6.45) is -1.25. The SMILES string of the molecule is CNCC(O)C(O)c1c(C=O)cccc1C=O. The number of benzene rings is 1. The highest BCUT2D eigenvalue weighted by molar-refractivity contribution is 5.86. The van der Waals surface area contributed by atoms with Gasteiger partial charge in [0.05, 0.1) is 6.10 Å². The van der Waals surface area contributed by atoms with Gasteiger partial charge in [-0.15, -0.1) is 0 Å². The molecule has 0 bridgehead atoms. The van der Waals surface area contributed by atoms with Crippen LogP contribution in [0.3, 0.4) is 0 Å². The maximum Gasteiger partial charge on any atom is 0.150 e. The van der Waals surface area contributed by atoms with E-state index < -0.39 is 12.2 Å². The molecular weight excluding hydrogens is 222 g/mol. The van der Waals surface area contributed by atoms with Crippen LogP contribution in [0.5, 0.6) is 0 Å². The van der Waals surface area contributed by atoms with Crippen molar-refractivity contribution in [2.75, 3.05) is 13.6 Å². The highest BCUT2D eigenvalue weighted by atomic mass is 16.3. The van der Waals surface area contributed by atoms with Crippen molar-refractivity contribution < 1.29 is 19.8 Å². The molecule has 92 valence electrons. The molecule has 0 aliphatic heterocycles. The molecule has 0 amide bonds. The lowest BCUT2D eigenvalue weighted by atomic mass is 9.94. The van der Waals surface area contributed by atoms with E-state index in [-0.39, 0.29) is 23.2 Å². The average molecular weight is 237 g/mol. The Bertz CT molecular complexity index is 379. The summed E-state index contributed by atoms with van der Waals surface area (Å²) < 4.78 is 0. The van der Waals surface area contributed by atoms with Crippen LogP contribution in [0.15, 0.2) is 18.2 Å². The fraction of sp³-hybridized carbons (Fsp3) is 0.333. The van der Waals surface area contributed by atoms with E-state index in [2.05, 4.69) is 5.32 Å². The van der Waals surface area contributed by atoms with Crippen LogP contribution >= 0.6 is 0 Å². The van der Waals surface area contributed by atoms with E-state index in [0.29, 0.717) is 12.6 Å². The molecule has 0 radical (unpaired) electrons. The first kappa shape index (κ1) is 13.5. The van der Waals surface area contributed by atoms with Crippen LogP contribution in [0.25, 0.3) is 0 Å². The van der Waals surface area contributed by atoms with Gasteiger partial charge in [0.15, 0.2) is 0 Å². The number of carbonyl (C=O) groups is 2. The summed E-state index contributed by atoms with van der Waals surface area (Å²) in [6.45, 7) is 0.159. The molecule has 17 heavy (non-hydrogen) atoms. The molecule has 0 saturated heterocycles. The van der Waals surface area contributed by atoms with Gasteiger partial charge in [-0.25, -0.2) is 0 Å². The Morgan fingerprint density at radius 1 is 1.24 bits per heavy atom. The van der Waals surface area contributed by atoms with E-state index in [1.54, 1.807) is 13.1 Å². The highest BCUT2D eigenvalue weighted by Crippen LogP contribution is 2.23. The molecule has 1 aromatic rings. The second-order valence-corrected chi connectivity index (χ2v) is 3.66. The number of aliphatic hydroxyl groups is 2. The van der Waals surface area contributed by atoms with Gasteiger partial charge in [0, 0.05) is 23.2 Å². The fourth-order valence-corrected chi connectivity index (χ4v) is 1.66. The van der Waals surface area contributed by atoms with E-state index >= 15 is 0 Å². The molecule has 2 atom stereocenters. The Hall–Kier alpha value is -1.56. The first-order valence-corrected chi connectivity index (χ1v) is 5.19. The van der Waals surface area contributed by atoms with Crippen molar-refractivity contribution in [3.8, 4) is 0 Å². The van der Waals surface area contributed by atoms with E-state index in [9.17, 15) is 19.8 Å². The van der Waals surface area contributed by atoms with Crippen LogP contribution in [0.4, 0.5) is 0 Å². The third-order valence-corrected chi connectivity index (χ3v) is 2.50. The van der Waals surface area contributed by atoms with Crippen LogP contribution in [0.2, 0.25) is 0 Å². The third-order valence-electron chi connectivity index (χ3n) is 2.50. The molecule has 0 aliphatic rings. The molecule has 5 nitrogen and oxygen atoms in total. The number of hydrogen-bond donors (Lipinski definition) is 3. The zero-order chi connectivity index (χ0) is 12.8. The van der Waals surface area contributed by atoms with Gasteiger partial charge in [-0.3, -0.25) is 9.59 Å². The Kier molecular flexibility index (Phi) is 4.96. The van der Waals surface area contributed by atoms with Gasteiger partial charge in [-0.1, -0.05) is 18.2 Å². The standard InChI is InChI=1S/C12H15NO4/c1-13-5-10(16)12(17)11-8(6-14)3-2-4-9(11)7-15/h2-4,6-7,10,12-13,16-17H,5H2,1H3. The van der Waals surface area contributed by atoms with E-state index in [1.807, 2.05) is 0 Å². The summed E-state index contributed by atoms with van der Waals surface area (Å²) in [7, 11) is 1.63. The monoisotopic (exact) mass is 237 g/mol. The van der Waals surface area contributed by atoms with Crippen molar-refractivity contribution in [1.29, 1.82) is 0 Å². The van der Waals surface area contributed by atoms with Crippen LogP contribution in [0, 0.1) is 0 Å². The number of aliphatic hydroxyl groups excluding tert-OH is 2. The molecular formula is C12H15NO4. The van der Waals surface area contributed by atoms with Crippen LogP contribution in [0.1, 0.15) is 32.4 Å². The van der Waals surface area contributed by atoms with Crippen LogP contribution < -0.4 is 5.32 Å². The van der Waals surface area contributed by atoms with Gasteiger partial charge in [-0.05, 0) is 7.05 Å². The summed E-state index contributed by atoms with van der Waals surface area (Å²) in [5.74, 6) is 0. The molecule has 0 saturated carbocycles. The lowest BCUT2D eigenvalue weighted by Crippen LogP contribution is -2.30. The van der Waals surface area contributed by atoms with Crippen LogP contribution in [-0.2, 0) is 0 Å². The minimum atomic E-state index is -1.27. The number of rotatable bonds is 6. The van der Waals surface area contributed by atoms with E-state index in [0.717, 1.165) is 0 Å². The molecule has 3 N–H and O–H groups in total. The van der Waals surface area contributed by atoms with Gasteiger partial charge in [0.2, 0.25) is 0 Å². The maximum absolute atomic E-state index is 10.9. The zero-order valence-electron chi connectivity index (χ0n) is 9.46. The average Bonchev–Trinajstić information content (AvgIpc) is 2.37. The number of hydrogen-bond acceptors (Lipinski definition) is 5. The van der Waals surface area contributed by atoms with Gasteiger partial charge in [0.1, 0.15) is 18.7 Å². The lowest BCUT2D eigenvalue weighted by Gasteiger charge is -2.20. The minimum absolute atomic E-state index is 0.159. The summed E-state index contributed by atoms with van der Waals surface area (Å²) in [6, 6.07) is 4.53. The number of carbonyl (C=O) groups excluding carboxylic acids is 2. The first-order valence-electron chi connectivity index (χ1n) is 5.19. The Morgan fingerprint density at radius 2 is 1.76 bits per heavy atom. The number of nitrogens with one attached hydrogen (secondary N) is 1. The molecule has 0 spiro atoms. The first-order chi connectivity index (χ1) is 8.15. The van der Waals surface area contributed by atoms with Crippen molar-refractivity contribution in [2.45, 2.75) is 12.2 Å². The van der Waals surface area contributed by atoms with E-state index in [1.165, 1.54) is 12.1 Å². The smallest absolute Gasteiger partial charge is 0.150 e. The molecule has 2 unspecified atom stereocenters. The van der Waals surface area contributed by atoms with Gasteiger partial charge < -0.3 is 15.5 Å². The Morgan fingerprint density at radius 3 is 2.18 bits per heavy atom. The fourth-order valence-electron chi connectivity index (χ4n) is 1.66. The van der Waals surface area contributed by atoms with Crippen molar-refractivity contribution in [2.24, 2.45) is 0 Å². The summed E-state index contributed by atoms with van der Waals surface area (Å²) in [5.41, 5.74) is 0.578. The minimum Gasteiger partial charge on any atom is -0.389 e. The van der Waals surface area contributed by atoms with E-state index in [4.69, 9.17) is 0 Å². The summed E-state index contributed by atoms with van der Waals surface area (Å²) >= 11 is 0.